The zero-order chi connectivity index (χ0) is 10.7. The first-order valence-corrected chi connectivity index (χ1v) is 5.51. The number of hydrogen-bond acceptors (Lipinski definition) is 2. The minimum atomic E-state index is 0.601. The largest absolute Gasteiger partial charge is 0.386 e. The first kappa shape index (κ1) is 10.1. The molecule has 0 saturated carbocycles. The van der Waals surface area contributed by atoms with Crippen LogP contribution >= 0.6 is 0 Å². The summed E-state index contributed by atoms with van der Waals surface area (Å²) in [6.45, 7) is 3.17. The van der Waals surface area contributed by atoms with Gasteiger partial charge in [-0.05, 0) is 42.9 Å². The monoisotopic (exact) mass is 202 g/mol. The van der Waals surface area contributed by atoms with Crippen LogP contribution in [0.25, 0.3) is 0 Å². The zero-order valence-corrected chi connectivity index (χ0v) is 9.16. The van der Waals surface area contributed by atoms with E-state index in [0.29, 0.717) is 5.92 Å². The summed E-state index contributed by atoms with van der Waals surface area (Å²) in [6, 6.07) is 8.59. The first-order valence-electron chi connectivity index (χ1n) is 5.51. The predicted octanol–water partition coefficient (Wildman–Crippen LogP) is 1.95. The van der Waals surface area contributed by atoms with Crippen molar-refractivity contribution in [2.24, 2.45) is 11.7 Å². The minimum absolute atomic E-state index is 0.601. The van der Waals surface area contributed by atoms with Gasteiger partial charge in [0.2, 0.25) is 0 Å². The second-order valence-corrected chi connectivity index (χ2v) is 4.23. The summed E-state index contributed by atoms with van der Waals surface area (Å²) in [6.07, 6.45) is 4.46. The number of hydrogen-bond donors (Lipinski definition) is 2. The quantitative estimate of drug-likeness (QED) is 0.786. The van der Waals surface area contributed by atoms with E-state index in [-0.39, 0.29) is 0 Å². The van der Waals surface area contributed by atoms with Gasteiger partial charge >= 0.3 is 0 Å². The molecule has 0 amide bonds. The Morgan fingerprint density at radius 1 is 1.40 bits per heavy atom. The van der Waals surface area contributed by atoms with Crippen molar-refractivity contribution in [2.45, 2.75) is 19.8 Å². The van der Waals surface area contributed by atoms with Crippen molar-refractivity contribution in [3.63, 3.8) is 0 Å². The van der Waals surface area contributed by atoms with E-state index in [1.54, 1.807) is 0 Å². The first-order chi connectivity index (χ1) is 7.25. The molecule has 2 rings (SSSR count). The summed E-state index contributed by atoms with van der Waals surface area (Å²) in [5.41, 5.74) is 8.52. The van der Waals surface area contributed by atoms with Crippen LogP contribution in [-0.2, 0) is 6.42 Å². The number of nitrogens with two attached hydrogens (primary N) is 1. The lowest BCUT2D eigenvalue weighted by Crippen LogP contribution is -2.16. The third-order valence-corrected chi connectivity index (χ3v) is 3.03. The van der Waals surface area contributed by atoms with Crippen molar-refractivity contribution < 1.29 is 0 Å². The molecule has 0 aliphatic carbocycles. The van der Waals surface area contributed by atoms with Gasteiger partial charge in [-0.15, -0.1) is 0 Å². The molecule has 0 unspecified atom stereocenters. The van der Waals surface area contributed by atoms with Gasteiger partial charge in [-0.1, -0.05) is 24.3 Å². The summed E-state index contributed by atoms with van der Waals surface area (Å²) in [5, 5.41) is 3.16. The van der Waals surface area contributed by atoms with Crippen molar-refractivity contribution in [1.82, 2.24) is 5.32 Å². The highest BCUT2D eigenvalue weighted by atomic mass is 15.0. The Kier molecular flexibility index (Phi) is 2.95. The normalized spacial score (nSPS) is 19.8. The molecule has 0 aromatic heterocycles. The van der Waals surface area contributed by atoms with E-state index >= 15 is 0 Å². The third-order valence-electron chi connectivity index (χ3n) is 3.03. The Bertz CT molecular complexity index is 369. The van der Waals surface area contributed by atoms with Gasteiger partial charge in [-0.2, -0.15) is 0 Å². The average Bonchev–Trinajstić information content (AvgIpc) is 2.63. The van der Waals surface area contributed by atoms with Crippen molar-refractivity contribution >= 4 is 0 Å². The third kappa shape index (κ3) is 2.52. The van der Waals surface area contributed by atoms with E-state index in [4.69, 9.17) is 5.73 Å². The van der Waals surface area contributed by atoms with E-state index < -0.39 is 0 Å². The van der Waals surface area contributed by atoms with Crippen molar-refractivity contribution in [2.75, 3.05) is 6.54 Å². The van der Waals surface area contributed by atoms with Crippen LogP contribution in [0.2, 0.25) is 0 Å². The molecular weight excluding hydrogens is 184 g/mol. The van der Waals surface area contributed by atoms with Gasteiger partial charge in [0.25, 0.3) is 0 Å². The van der Waals surface area contributed by atoms with Gasteiger partial charge in [0, 0.05) is 6.54 Å². The lowest BCUT2D eigenvalue weighted by molar-refractivity contribution is 0.595. The SMILES string of the molecule is Cc1ccccc1CC[C@H]1C=C(N)NC1. The molecule has 2 nitrogen and oxygen atoms in total. The Labute approximate surface area is 91.2 Å². The van der Waals surface area contributed by atoms with Gasteiger partial charge in [0.15, 0.2) is 0 Å². The van der Waals surface area contributed by atoms with Crippen LogP contribution in [0, 0.1) is 12.8 Å². The molecule has 1 atom stereocenters. The standard InChI is InChI=1S/C13H18N2/c1-10-4-2-3-5-12(10)7-6-11-8-13(14)15-9-11/h2-5,8,11,15H,6-7,9,14H2,1H3/t11-/m0/s1. The highest BCUT2D eigenvalue weighted by Crippen LogP contribution is 2.16. The van der Waals surface area contributed by atoms with Crippen LogP contribution in [0.4, 0.5) is 0 Å². The molecule has 0 fully saturated rings. The molecule has 0 bridgehead atoms. The van der Waals surface area contributed by atoms with Gasteiger partial charge < -0.3 is 11.1 Å². The molecule has 1 aliphatic rings. The number of rotatable bonds is 3. The van der Waals surface area contributed by atoms with Crippen LogP contribution in [0.15, 0.2) is 36.2 Å². The molecule has 1 aromatic carbocycles. The summed E-state index contributed by atoms with van der Waals surface area (Å²) >= 11 is 0. The molecule has 1 heterocycles. The fourth-order valence-electron chi connectivity index (χ4n) is 2.04. The van der Waals surface area contributed by atoms with Crippen LogP contribution in [0.3, 0.4) is 0 Å². The van der Waals surface area contributed by atoms with E-state index in [0.717, 1.165) is 18.8 Å². The van der Waals surface area contributed by atoms with Crippen LogP contribution in [0.1, 0.15) is 17.5 Å². The van der Waals surface area contributed by atoms with E-state index in [9.17, 15) is 0 Å². The molecule has 1 aliphatic heterocycles. The topological polar surface area (TPSA) is 38.0 Å². The maximum atomic E-state index is 5.67. The van der Waals surface area contributed by atoms with Crippen LogP contribution in [-0.4, -0.2) is 6.54 Å². The summed E-state index contributed by atoms with van der Waals surface area (Å²) in [5.74, 6) is 1.44. The molecule has 0 spiro atoms. The molecule has 15 heavy (non-hydrogen) atoms. The Balaban J connectivity index is 1.91. The molecule has 2 heteroatoms. The molecular formula is C13H18N2. The Morgan fingerprint density at radius 3 is 2.87 bits per heavy atom. The number of benzene rings is 1. The fraction of sp³-hybridized carbons (Fsp3) is 0.385. The van der Waals surface area contributed by atoms with Gasteiger partial charge in [-0.3, -0.25) is 0 Å². The highest BCUT2D eigenvalue weighted by Gasteiger charge is 2.12. The lowest BCUT2D eigenvalue weighted by Gasteiger charge is -2.08. The van der Waals surface area contributed by atoms with Crippen LogP contribution in [0.5, 0.6) is 0 Å². The van der Waals surface area contributed by atoms with Crippen molar-refractivity contribution in [3.8, 4) is 0 Å². The molecule has 0 radical (unpaired) electrons. The maximum absolute atomic E-state index is 5.67. The molecule has 80 valence electrons. The van der Waals surface area contributed by atoms with Gasteiger partial charge in [-0.25, -0.2) is 0 Å². The second kappa shape index (κ2) is 4.39. The Morgan fingerprint density at radius 2 is 2.20 bits per heavy atom. The molecule has 0 saturated heterocycles. The van der Waals surface area contributed by atoms with Crippen molar-refractivity contribution in [3.05, 3.63) is 47.3 Å². The van der Waals surface area contributed by atoms with E-state index in [2.05, 4.69) is 42.6 Å². The van der Waals surface area contributed by atoms with E-state index in [1.807, 2.05) is 0 Å². The van der Waals surface area contributed by atoms with Crippen LogP contribution < -0.4 is 11.1 Å². The highest BCUT2D eigenvalue weighted by molar-refractivity contribution is 5.25. The summed E-state index contributed by atoms with van der Waals surface area (Å²) in [4.78, 5) is 0. The zero-order valence-electron chi connectivity index (χ0n) is 9.16. The van der Waals surface area contributed by atoms with E-state index in [1.165, 1.54) is 17.5 Å². The lowest BCUT2D eigenvalue weighted by atomic mass is 9.98. The number of nitrogens with one attached hydrogen (secondary N) is 1. The smallest absolute Gasteiger partial charge is 0.0922 e. The number of aryl methyl sites for hydroxylation is 2. The van der Waals surface area contributed by atoms with Crippen molar-refractivity contribution in [1.29, 1.82) is 0 Å². The van der Waals surface area contributed by atoms with Gasteiger partial charge in [0.05, 0.1) is 5.82 Å². The molecule has 1 aromatic rings. The summed E-state index contributed by atoms with van der Waals surface area (Å²) in [7, 11) is 0. The second-order valence-electron chi connectivity index (χ2n) is 4.23. The average molecular weight is 202 g/mol. The molecule has 3 N–H and O–H groups in total. The Hall–Kier alpha value is -1.44. The maximum Gasteiger partial charge on any atom is 0.0922 e. The fourth-order valence-corrected chi connectivity index (χ4v) is 2.04. The summed E-state index contributed by atoms with van der Waals surface area (Å²) < 4.78 is 0. The van der Waals surface area contributed by atoms with Gasteiger partial charge in [0.1, 0.15) is 0 Å². The predicted molar refractivity (Wildman–Crippen MR) is 63.3 cm³/mol. The minimum Gasteiger partial charge on any atom is -0.386 e.